The molecule has 0 aliphatic carbocycles. The van der Waals surface area contributed by atoms with Gasteiger partial charge in [-0.15, -0.1) is 0 Å². The number of hydrogen-bond acceptors (Lipinski definition) is 5. The molecule has 0 saturated heterocycles. The zero-order valence-electron chi connectivity index (χ0n) is 8.25. The quantitative estimate of drug-likeness (QED) is 0.499. The molecular formula is C10H4ClN3O2S. The Kier molecular flexibility index (Phi) is 2.20. The van der Waals surface area contributed by atoms with Crippen LogP contribution in [0.25, 0.3) is 21.8 Å². The highest BCUT2D eigenvalue weighted by Gasteiger charge is 2.16. The van der Waals surface area contributed by atoms with Crippen LogP contribution in [0.4, 0.5) is 5.69 Å². The van der Waals surface area contributed by atoms with E-state index >= 15 is 0 Å². The van der Waals surface area contributed by atoms with E-state index in [-0.39, 0.29) is 5.69 Å². The van der Waals surface area contributed by atoms with Crippen LogP contribution in [0.5, 0.6) is 0 Å². The molecule has 0 atom stereocenters. The van der Waals surface area contributed by atoms with Crippen molar-refractivity contribution in [1.29, 1.82) is 0 Å². The second-order valence-electron chi connectivity index (χ2n) is 3.45. The zero-order valence-corrected chi connectivity index (χ0v) is 9.83. The van der Waals surface area contributed by atoms with E-state index in [4.69, 9.17) is 11.6 Å². The molecule has 0 radical (unpaired) electrons. The Balaban J connectivity index is 2.56. The lowest BCUT2D eigenvalue weighted by Gasteiger charge is -2.01. The highest BCUT2D eigenvalue weighted by molar-refractivity contribution is 7.00. The van der Waals surface area contributed by atoms with Gasteiger partial charge in [-0.1, -0.05) is 23.7 Å². The number of aromatic nitrogens is 2. The van der Waals surface area contributed by atoms with Crippen molar-refractivity contribution in [3.8, 4) is 0 Å². The summed E-state index contributed by atoms with van der Waals surface area (Å²) in [6, 6.07) is 6.45. The minimum absolute atomic E-state index is 0.0271. The fourth-order valence-corrected chi connectivity index (χ4v) is 2.65. The molecule has 7 heteroatoms. The van der Waals surface area contributed by atoms with Gasteiger partial charge in [-0.05, 0) is 6.07 Å². The lowest BCUT2D eigenvalue weighted by Crippen LogP contribution is -1.90. The summed E-state index contributed by atoms with van der Waals surface area (Å²) in [6.45, 7) is 0. The first-order chi connectivity index (χ1) is 8.18. The molecule has 0 fully saturated rings. The first-order valence-electron chi connectivity index (χ1n) is 4.66. The fraction of sp³-hybridized carbons (Fsp3) is 0. The van der Waals surface area contributed by atoms with Crippen molar-refractivity contribution in [2.24, 2.45) is 0 Å². The lowest BCUT2D eigenvalue weighted by atomic mass is 10.1. The molecule has 2 aromatic carbocycles. The standard InChI is InChI=1S/C10H4ClN3O2S/c11-9-5-2-1-3-8(14(15)16)6(5)4-7-10(9)13-17-12-7/h1-4H. The van der Waals surface area contributed by atoms with Crippen molar-refractivity contribution in [3.05, 3.63) is 39.4 Å². The van der Waals surface area contributed by atoms with Gasteiger partial charge < -0.3 is 0 Å². The number of rotatable bonds is 1. The lowest BCUT2D eigenvalue weighted by molar-refractivity contribution is -0.383. The molecule has 1 aromatic heterocycles. The first kappa shape index (κ1) is 10.4. The molecular weight excluding hydrogens is 262 g/mol. The Labute approximate surface area is 104 Å². The molecule has 0 N–H and O–H groups in total. The van der Waals surface area contributed by atoms with Gasteiger partial charge in [0.15, 0.2) is 0 Å². The van der Waals surface area contributed by atoms with Crippen molar-refractivity contribution < 1.29 is 4.92 Å². The fourth-order valence-electron chi connectivity index (χ4n) is 1.76. The summed E-state index contributed by atoms with van der Waals surface area (Å²) < 4.78 is 8.13. The van der Waals surface area contributed by atoms with Gasteiger partial charge in [-0.25, -0.2) is 0 Å². The van der Waals surface area contributed by atoms with E-state index in [1.54, 1.807) is 18.2 Å². The third-order valence-corrected chi connectivity index (χ3v) is 3.44. The Morgan fingerprint density at radius 1 is 1.29 bits per heavy atom. The van der Waals surface area contributed by atoms with Crippen LogP contribution < -0.4 is 0 Å². The smallest absolute Gasteiger partial charge is 0.258 e. The van der Waals surface area contributed by atoms with E-state index in [1.165, 1.54) is 6.07 Å². The summed E-state index contributed by atoms with van der Waals surface area (Å²) in [5, 5.41) is 12.5. The molecule has 1 heterocycles. The van der Waals surface area contributed by atoms with Crippen LogP contribution in [-0.2, 0) is 0 Å². The summed E-state index contributed by atoms with van der Waals surface area (Å²) in [4.78, 5) is 10.5. The molecule has 3 rings (SSSR count). The van der Waals surface area contributed by atoms with Crippen LogP contribution in [-0.4, -0.2) is 13.7 Å². The van der Waals surface area contributed by atoms with Gasteiger partial charge in [0, 0.05) is 11.5 Å². The van der Waals surface area contributed by atoms with Crippen molar-refractivity contribution in [2.75, 3.05) is 0 Å². The number of non-ortho nitro benzene ring substituents is 1. The summed E-state index contributed by atoms with van der Waals surface area (Å²) >= 11 is 7.21. The number of nitro benzene ring substituents is 1. The van der Waals surface area contributed by atoms with Gasteiger partial charge in [0.2, 0.25) is 0 Å². The maximum absolute atomic E-state index is 10.9. The van der Waals surface area contributed by atoms with E-state index in [9.17, 15) is 10.1 Å². The summed E-state index contributed by atoms with van der Waals surface area (Å²) in [6.07, 6.45) is 0. The maximum Gasteiger partial charge on any atom is 0.277 e. The summed E-state index contributed by atoms with van der Waals surface area (Å²) in [5.41, 5.74) is 1.20. The number of nitro groups is 1. The number of hydrogen-bond donors (Lipinski definition) is 0. The number of halogens is 1. The summed E-state index contributed by atoms with van der Waals surface area (Å²) in [5.74, 6) is 0. The normalized spacial score (nSPS) is 11.1. The molecule has 0 aliphatic rings. The van der Waals surface area contributed by atoms with Gasteiger partial charge in [0.25, 0.3) is 5.69 Å². The maximum atomic E-state index is 10.9. The van der Waals surface area contributed by atoms with Gasteiger partial charge in [0.1, 0.15) is 11.0 Å². The van der Waals surface area contributed by atoms with Gasteiger partial charge in [0.05, 0.1) is 27.1 Å². The molecule has 17 heavy (non-hydrogen) atoms. The molecule has 0 unspecified atom stereocenters. The Bertz CT molecular complexity index is 756. The predicted octanol–water partition coefficient (Wildman–Crippen LogP) is 3.41. The first-order valence-corrected chi connectivity index (χ1v) is 5.77. The van der Waals surface area contributed by atoms with E-state index < -0.39 is 4.92 Å². The molecule has 0 amide bonds. The molecule has 0 bridgehead atoms. The monoisotopic (exact) mass is 265 g/mol. The van der Waals surface area contributed by atoms with Crippen LogP contribution in [0.3, 0.4) is 0 Å². The van der Waals surface area contributed by atoms with E-state index in [2.05, 4.69) is 8.75 Å². The molecule has 0 aliphatic heterocycles. The molecule has 0 spiro atoms. The molecule has 0 saturated carbocycles. The number of fused-ring (bicyclic) bond motifs is 2. The van der Waals surface area contributed by atoms with Crippen molar-refractivity contribution in [1.82, 2.24) is 8.75 Å². The van der Waals surface area contributed by atoms with Gasteiger partial charge in [-0.2, -0.15) is 8.75 Å². The predicted molar refractivity (Wildman–Crippen MR) is 66.6 cm³/mol. The number of benzene rings is 2. The van der Waals surface area contributed by atoms with Gasteiger partial charge >= 0.3 is 0 Å². The largest absolute Gasteiger partial charge is 0.277 e. The van der Waals surface area contributed by atoms with Crippen LogP contribution in [0.15, 0.2) is 24.3 Å². The zero-order chi connectivity index (χ0) is 12.0. The highest BCUT2D eigenvalue weighted by Crippen LogP contribution is 2.35. The van der Waals surface area contributed by atoms with Crippen molar-refractivity contribution in [3.63, 3.8) is 0 Å². The Hall–Kier alpha value is -1.79. The third-order valence-electron chi connectivity index (χ3n) is 2.52. The second-order valence-corrected chi connectivity index (χ2v) is 4.36. The van der Waals surface area contributed by atoms with Crippen LogP contribution in [0, 0.1) is 10.1 Å². The number of nitrogens with zero attached hydrogens (tertiary/aromatic N) is 3. The van der Waals surface area contributed by atoms with Gasteiger partial charge in [-0.3, -0.25) is 10.1 Å². The van der Waals surface area contributed by atoms with E-state index in [0.717, 1.165) is 11.7 Å². The average molecular weight is 266 g/mol. The van der Waals surface area contributed by atoms with Crippen LogP contribution in [0.2, 0.25) is 5.02 Å². The SMILES string of the molecule is O=[N+]([O-])c1cccc2c(Cl)c3nsnc3cc12. The highest BCUT2D eigenvalue weighted by atomic mass is 35.5. The molecule has 5 nitrogen and oxygen atoms in total. The Morgan fingerprint density at radius 2 is 2.12 bits per heavy atom. The van der Waals surface area contributed by atoms with E-state index in [0.29, 0.717) is 26.8 Å². The van der Waals surface area contributed by atoms with Crippen LogP contribution in [0.1, 0.15) is 0 Å². The minimum Gasteiger partial charge on any atom is -0.258 e. The van der Waals surface area contributed by atoms with E-state index in [1.807, 2.05) is 0 Å². The Morgan fingerprint density at radius 3 is 2.88 bits per heavy atom. The minimum atomic E-state index is -0.426. The third kappa shape index (κ3) is 1.45. The molecule has 84 valence electrons. The van der Waals surface area contributed by atoms with Crippen molar-refractivity contribution in [2.45, 2.75) is 0 Å². The topological polar surface area (TPSA) is 68.9 Å². The average Bonchev–Trinajstić information content (AvgIpc) is 2.77. The second kappa shape index (κ2) is 3.61. The van der Waals surface area contributed by atoms with Crippen LogP contribution >= 0.6 is 23.3 Å². The summed E-state index contributed by atoms with van der Waals surface area (Å²) in [7, 11) is 0. The van der Waals surface area contributed by atoms with Crippen molar-refractivity contribution >= 4 is 50.8 Å². The molecule has 3 aromatic rings.